The predicted molar refractivity (Wildman–Crippen MR) is 61.7 cm³/mol. The van der Waals surface area contributed by atoms with Gasteiger partial charge in [-0.1, -0.05) is 22.0 Å². The van der Waals surface area contributed by atoms with Gasteiger partial charge in [0.25, 0.3) is 0 Å². The Morgan fingerprint density at radius 2 is 2.27 bits per heavy atom. The average Bonchev–Trinajstić information content (AvgIpc) is 2.29. The second kappa shape index (κ2) is 3.35. The zero-order valence-electron chi connectivity index (χ0n) is 8.77. The Hall–Kier alpha value is -1.35. The number of aromatic nitrogens is 1. The maximum absolute atomic E-state index is 7.91. The van der Waals surface area contributed by atoms with Crippen LogP contribution >= 0.6 is 15.9 Å². The van der Waals surface area contributed by atoms with Crippen molar-refractivity contribution in [1.82, 2.24) is 4.98 Å². The number of hydrogen-bond acceptors (Lipinski definition) is 2. The summed E-state index contributed by atoms with van der Waals surface area (Å²) in [5, 5.41) is 0. The molecule has 3 heteroatoms. The summed E-state index contributed by atoms with van der Waals surface area (Å²) in [7, 11) is 0. The van der Waals surface area contributed by atoms with E-state index in [1.54, 1.807) is 12.4 Å². The van der Waals surface area contributed by atoms with E-state index in [0.29, 0.717) is 5.75 Å². The molecule has 2 aromatic rings. The van der Waals surface area contributed by atoms with Crippen LogP contribution in [0.3, 0.4) is 0 Å². The van der Waals surface area contributed by atoms with Gasteiger partial charge >= 0.3 is 0 Å². The highest BCUT2D eigenvalue weighted by Crippen LogP contribution is 2.37. The molecule has 0 bridgehead atoms. The Balaban J connectivity index is 2.28. The first-order valence-electron chi connectivity index (χ1n) is 5.16. The van der Waals surface area contributed by atoms with Gasteiger partial charge in [-0.3, -0.25) is 4.98 Å². The van der Waals surface area contributed by atoms with Crippen LogP contribution in [-0.4, -0.2) is 4.98 Å². The molecule has 0 N–H and O–H groups in total. The Kier molecular flexibility index (Phi) is 1.76. The molecule has 0 radical (unpaired) electrons. The number of benzene rings is 1. The molecule has 0 amide bonds. The molecule has 0 fully saturated rings. The van der Waals surface area contributed by atoms with Crippen LogP contribution in [0.15, 0.2) is 41.1 Å². The van der Waals surface area contributed by atoms with Gasteiger partial charge in [0, 0.05) is 16.2 Å². The van der Waals surface area contributed by atoms with Crippen molar-refractivity contribution < 1.29 is 6.11 Å². The molecule has 1 aromatic carbocycles. The van der Waals surface area contributed by atoms with Gasteiger partial charge in [0.05, 0.1) is 7.57 Å². The fourth-order valence-corrected chi connectivity index (χ4v) is 2.08. The van der Waals surface area contributed by atoms with Crippen LogP contribution < -0.4 is 4.74 Å². The molecule has 15 heavy (non-hydrogen) atoms. The maximum Gasteiger partial charge on any atom is 0.145 e. The third-order valence-electron chi connectivity index (χ3n) is 2.40. The maximum atomic E-state index is 7.91. The zero-order valence-corrected chi connectivity index (χ0v) is 9.36. The molecular formula is C12H8BrNO. The van der Waals surface area contributed by atoms with E-state index >= 15 is 0 Å². The monoisotopic (exact) mass is 262 g/mol. The van der Waals surface area contributed by atoms with E-state index in [4.69, 9.17) is 6.11 Å². The van der Waals surface area contributed by atoms with Gasteiger partial charge in [-0.2, -0.15) is 0 Å². The van der Waals surface area contributed by atoms with Crippen LogP contribution in [0.1, 0.15) is 6.93 Å². The first kappa shape index (κ1) is 7.88. The Morgan fingerprint density at radius 3 is 3.20 bits per heavy atom. The molecular weight excluding hydrogens is 254 g/mol. The van der Waals surface area contributed by atoms with E-state index in [9.17, 15) is 0 Å². The van der Waals surface area contributed by atoms with E-state index in [2.05, 4.69) is 20.9 Å². The van der Waals surface area contributed by atoms with Crippen molar-refractivity contribution in [2.45, 2.75) is 6.58 Å². The van der Waals surface area contributed by atoms with E-state index < -0.39 is 6.58 Å². The summed E-state index contributed by atoms with van der Waals surface area (Å²) in [6.07, 6.45) is 3.39. The number of fused-ring (bicyclic) bond motifs is 3. The molecule has 74 valence electrons. The minimum absolute atomic E-state index is 0.677. The molecule has 1 atom stereocenters. The summed E-state index contributed by atoms with van der Waals surface area (Å²) >= 11 is 3.41. The lowest BCUT2D eigenvalue weighted by Gasteiger charge is -2.20. The molecule has 1 aliphatic rings. The third kappa shape index (κ3) is 1.43. The molecule has 0 spiro atoms. The molecule has 0 saturated carbocycles. The van der Waals surface area contributed by atoms with Crippen LogP contribution in [0.2, 0.25) is 0 Å². The largest absolute Gasteiger partial charge is 0.487 e. The second-order valence-corrected chi connectivity index (χ2v) is 4.25. The topological polar surface area (TPSA) is 22.1 Å². The molecule has 2 nitrogen and oxygen atoms in total. The fraction of sp³-hybridized carbons (Fsp3) is 0.0833. The average molecular weight is 263 g/mol. The lowest BCUT2D eigenvalue weighted by Crippen LogP contribution is -2.05. The first-order valence-corrected chi connectivity index (χ1v) is 5.38. The first-order chi connectivity index (χ1) is 7.75. The lowest BCUT2D eigenvalue weighted by molar-refractivity contribution is 0.301. The van der Waals surface area contributed by atoms with Crippen molar-refractivity contribution in [3.63, 3.8) is 0 Å². The zero-order chi connectivity index (χ0) is 11.1. The van der Waals surface area contributed by atoms with Crippen molar-refractivity contribution in [1.29, 1.82) is 0 Å². The fourth-order valence-electron chi connectivity index (χ4n) is 1.70. The van der Waals surface area contributed by atoms with Crippen molar-refractivity contribution in [3.05, 3.63) is 46.7 Å². The number of halogens is 1. The van der Waals surface area contributed by atoms with Gasteiger partial charge in [0.15, 0.2) is 0 Å². The SMILES string of the molecule is [2H]C1Oc2cnccc2-c2ccc(Br)cc21. The van der Waals surface area contributed by atoms with Crippen LogP contribution in [-0.2, 0) is 6.58 Å². The third-order valence-corrected chi connectivity index (χ3v) is 2.89. The summed E-state index contributed by atoms with van der Waals surface area (Å²) < 4.78 is 14.4. The van der Waals surface area contributed by atoms with Gasteiger partial charge in [-0.05, 0) is 29.3 Å². The molecule has 3 rings (SSSR count). The normalized spacial score (nSPS) is 18.5. The molecule has 1 aliphatic heterocycles. The molecule has 0 aliphatic carbocycles. The summed E-state index contributed by atoms with van der Waals surface area (Å²) in [6.45, 7) is -0.677. The minimum atomic E-state index is -0.677. The standard InChI is InChI=1S/C12H8BrNO/c13-9-1-2-10-8(5-9)7-15-12-6-14-4-3-11(10)12/h1-6H,7H2/i7D. The lowest BCUT2D eigenvalue weighted by atomic mass is 9.98. The minimum Gasteiger partial charge on any atom is -0.487 e. The van der Waals surface area contributed by atoms with Crippen molar-refractivity contribution in [2.24, 2.45) is 0 Å². The number of nitrogens with zero attached hydrogens (tertiary/aromatic N) is 1. The van der Waals surface area contributed by atoms with E-state index in [-0.39, 0.29) is 0 Å². The van der Waals surface area contributed by atoms with Crippen molar-refractivity contribution in [3.8, 4) is 16.9 Å². The number of rotatable bonds is 0. The number of hydrogen-bond donors (Lipinski definition) is 0. The highest BCUT2D eigenvalue weighted by atomic mass is 79.9. The summed E-state index contributed by atoms with van der Waals surface area (Å²) in [6, 6.07) is 7.81. The highest BCUT2D eigenvalue weighted by molar-refractivity contribution is 9.10. The quantitative estimate of drug-likeness (QED) is 0.726. The smallest absolute Gasteiger partial charge is 0.145 e. The highest BCUT2D eigenvalue weighted by Gasteiger charge is 2.16. The Morgan fingerprint density at radius 1 is 1.33 bits per heavy atom. The van der Waals surface area contributed by atoms with Crippen LogP contribution in [0.25, 0.3) is 11.1 Å². The van der Waals surface area contributed by atoms with Gasteiger partial charge < -0.3 is 4.74 Å². The molecule has 0 saturated heterocycles. The second-order valence-electron chi connectivity index (χ2n) is 3.34. The Labute approximate surface area is 97.5 Å². The van der Waals surface area contributed by atoms with Gasteiger partial charge in [0.2, 0.25) is 0 Å². The molecule has 1 unspecified atom stereocenters. The molecule has 1 aromatic heterocycles. The van der Waals surface area contributed by atoms with E-state index in [0.717, 1.165) is 21.2 Å². The van der Waals surface area contributed by atoms with Crippen molar-refractivity contribution >= 4 is 15.9 Å². The predicted octanol–water partition coefficient (Wildman–Crippen LogP) is 3.40. The van der Waals surface area contributed by atoms with E-state index in [1.807, 2.05) is 24.3 Å². The van der Waals surface area contributed by atoms with E-state index in [1.165, 1.54) is 0 Å². The number of pyridine rings is 1. The molecule has 2 heterocycles. The Bertz CT molecular complexity index is 558. The summed E-state index contributed by atoms with van der Waals surface area (Å²) in [5.74, 6) is 0.678. The van der Waals surface area contributed by atoms with Gasteiger partial charge in [-0.25, -0.2) is 0 Å². The van der Waals surface area contributed by atoms with Gasteiger partial charge in [-0.15, -0.1) is 0 Å². The summed E-state index contributed by atoms with van der Waals surface area (Å²) in [4.78, 5) is 4.01. The van der Waals surface area contributed by atoms with Gasteiger partial charge in [0.1, 0.15) is 12.3 Å². The van der Waals surface area contributed by atoms with Crippen LogP contribution in [0.4, 0.5) is 0 Å². The van der Waals surface area contributed by atoms with Crippen LogP contribution in [0.5, 0.6) is 5.75 Å². The van der Waals surface area contributed by atoms with Crippen LogP contribution in [0, 0.1) is 0 Å². The van der Waals surface area contributed by atoms with Crippen molar-refractivity contribution in [2.75, 3.05) is 0 Å². The number of ether oxygens (including phenoxy) is 1. The summed E-state index contributed by atoms with van der Waals surface area (Å²) in [5.41, 5.74) is 2.93.